The maximum absolute atomic E-state index is 10.7. The van der Waals surface area contributed by atoms with E-state index in [-0.39, 0.29) is 18.2 Å². The highest BCUT2D eigenvalue weighted by molar-refractivity contribution is 7.18. The molecule has 0 aliphatic rings. The van der Waals surface area contributed by atoms with Gasteiger partial charge in [-0.2, -0.15) is 0 Å². The molecule has 0 amide bonds. The van der Waals surface area contributed by atoms with Gasteiger partial charge in [-0.05, 0) is 23.1 Å². The number of hydrogen-bond donors (Lipinski definition) is 3. The molecule has 0 radical (unpaired) electrons. The van der Waals surface area contributed by atoms with Crippen LogP contribution in [0.3, 0.4) is 0 Å². The van der Waals surface area contributed by atoms with Gasteiger partial charge in [-0.3, -0.25) is 4.79 Å². The van der Waals surface area contributed by atoms with Crippen molar-refractivity contribution < 1.29 is 14.3 Å². The summed E-state index contributed by atoms with van der Waals surface area (Å²) < 4.78 is 5.33. The molecule has 3 heterocycles. The highest BCUT2D eigenvalue weighted by Crippen LogP contribution is 2.28. The Balaban J connectivity index is 1.44. The first-order valence-corrected chi connectivity index (χ1v) is 8.29. The van der Waals surface area contributed by atoms with E-state index in [4.69, 9.17) is 9.52 Å². The van der Waals surface area contributed by atoms with Crippen LogP contribution in [0.25, 0.3) is 21.7 Å². The lowest BCUT2D eigenvalue weighted by Gasteiger charge is -2.03. The first-order valence-electron chi connectivity index (χ1n) is 7.47. The maximum atomic E-state index is 10.7. The average molecular weight is 355 g/mol. The van der Waals surface area contributed by atoms with Gasteiger partial charge in [0, 0.05) is 18.3 Å². The van der Waals surface area contributed by atoms with Crippen molar-refractivity contribution in [2.45, 2.75) is 13.0 Å². The lowest BCUT2D eigenvalue weighted by atomic mass is 10.1. The van der Waals surface area contributed by atoms with Crippen LogP contribution >= 0.6 is 11.3 Å². The molecule has 8 nitrogen and oxygen atoms in total. The van der Waals surface area contributed by atoms with Crippen molar-refractivity contribution in [3.05, 3.63) is 48.1 Å². The number of carboxylic acid groups (broad SMARTS) is 1. The van der Waals surface area contributed by atoms with Gasteiger partial charge in [-0.15, -0.1) is 10.2 Å². The van der Waals surface area contributed by atoms with Crippen LogP contribution in [-0.2, 0) is 17.8 Å². The van der Waals surface area contributed by atoms with Crippen LogP contribution in [0.5, 0.6) is 0 Å². The minimum absolute atomic E-state index is 0.0738. The van der Waals surface area contributed by atoms with E-state index in [0.717, 1.165) is 16.2 Å². The van der Waals surface area contributed by atoms with Crippen LogP contribution in [0, 0.1) is 0 Å². The van der Waals surface area contributed by atoms with Crippen LogP contribution in [0.1, 0.15) is 11.5 Å². The van der Waals surface area contributed by atoms with Gasteiger partial charge in [0.15, 0.2) is 5.13 Å². The molecule has 25 heavy (non-hydrogen) atoms. The van der Waals surface area contributed by atoms with Gasteiger partial charge in [-0.25, -0.2) is 4.98 Å². The molecule has 9 heteroatoms. The second-order valence-electron chi connectivity index (χ2n) is 5.35. The quantitative estimate of drug-likeness (QED) is 0.487. The van der Waals surface area contributed by atoms with E-state index in [0.29, 0.717) is 11.4 Å². The van der Waals surface area contributed by atoms with Crippen LogP contribution in [0.15, 0.2) is 41.1 Å². The monoisotopic (exact) mass is 355 g/mol. The number of benzene rings is 1. The largest absolute Gasteiger partial charge is 0.481 e. The van der Waals surface area contributed by atoms with Crippen molar-refractivity contribution in [1.29, 1.82) is 0 Å². The molecule has 0 aliphatic heterocycles. The summed E-state index contributed by atoms with van der Waals surface area (Å²) in [6, 6.07) is 8.25. The molecule has 4 rings (SSSR count). The summed E-state index contributed by atoms with van der Waals surface area (Å²) in [5, 5.41) is 21.5. The van der Waals surface area contributed by atoms with E-state index in [1.807, 2.05) is 12.3 Å². The van der Waals surface area contributed by atoms with Gasteiger partial charge in [0.25, 0.3) is 5.89 Å². The fraction of sp³-hybridized carbons (Fsp3) is 0.125. The molecule has 0 saturated carbocycles. The number of carbonyl (C=O) groups is 1. The Morgan fingerprint density at radius 2 is 2.24 bits per heavy atom. The Labute approximate surface area is 145 Å². The smallest absolute Gasteiger partial charge is 0.312 e. The summed E-state index contributed by atoms with van der Waals surface area (Å²) in [6.07, 6.45) is 3.25. The molecule has 1 aromatic carbocycles. The van der Waals surface area contributed by atoms with Crippen LogP contribution in [0.2, 0.25) is 0 Å². The van der Waals surface area contributed by atoms with E-state index in [2.05, 4.69) is 43.7 Å². The average Bonchev–Trinajstić information content (AvgIpc) is 3.32. The van der Waals surface area contributed by atoms with Crippen molar-refractivity contribution in [1.82, 2.24) is 20.2 Å². The van der Waals surface area contributed by atoms with E-state index in [9.17, 15) is 4.79 Å². The molecule has 0 fully saturated rings. The fourth-order valence-electron chi connectivity index (χ4n) is 2.39. The summed E-state index contributed by atoms with van der Waals surface area (Å²) in [5.41, 5.74) is 2.23. The van der Waals surface area contributed by atoms with E-state index >= 15 is 0 Å². The van der Waals surface area contributed by atoms with Gasteiger partial charge in [-0.1, -0.05) is 23.5 Å². The Morgan fingerprint density at radius 3 is 3.12 bits per heavy atom. The van der Waals surface area contributed by atoms with E-state index in [1.54, 1.807) is 6.20 Å². The lowest BCUT2D eigenvalue weighted by molar-refractivity contribution is -0.136. The third-order valence-corrected chi connectivity index (χ3v) is 4.49. The first-order chi connectivity index (χ1) is 12.2. The number of anilines is 1. The summed E-state index contributed by atoms with van der Waals surface area (Å²) >= 11 is 1.37. The second-order valence-corrected chi connectivity index (χ2v) is 6.38. The number of rotatable bonds is 6. The summed E-state index contributed by atoms with van der Waals surface area (Å²) in [7, 11) is 0. The van der Waals surface area contributed by atoms with E-state index in [1.165, 1.54) is 16.7 Å². The van der Waals surface area contributed by atoms with Crippen molar-refractivity contribution in [3.63, 3.8) is 0 Å². The van der Waals surface area contributed by atoms with Crippen molar-refractivity contribution in [2.24, 2.45) is 0 Å². The number of hydrogen-bond acceptors (Lipinski definition) is 7. The molecular formula is C16H13N5O3S. The van der Waals surface area contributed by atoms with Crippen LogP contribution < -0.4 is 5.32 Å². The maximum Gasteiger partial charge on any atom is 0.312 e. The molecule has 0 bridgehead atoms. The molecule has 0 spiro atoms. The SMILES string of the molecule is O=C(O)Cc1nnc(-c2cnc(NCc3ccc4cc[nH]c4c3)s2)o1. The highest BCUT2D eigenvalue weighted by atomic mass is 32.1. The van der Waals surface area contributed by atoms with Crippen molar-refractivity contribution >= 4 is 33.3 Å². The van der Waals surface area contributed by atoms with Gasteiger partial charge in [0.2, 0.25) is 5.89 Å². The number of aromatic nitrogens is 4. The molecule has 0 aliphatic carbocycles. The zero-order chi connectivity index (χ0) is 17.2. The topological polar surface area (TPSA) is 117 Å². The van der Waals surface area contributed by atoms with Gasteiger partial charge < -0.3 is 19.8 Å². The molecule has 0 saturated heterocycles. The Morgan fingerprint density at radius 1 is 1.32 bits per heavy atom. The molecule has 0 unspecified atom stereocenters. The first kappa shape index (κ1) is 15.3. The molecular weight excluding hydrogens is 342 g/mol. The molecule has 126 valence electrons. The number of fused-ring (bicyclic) bond motifs is 1. The molecule has 3 N–H and O–H groups in total. The standard InChI is InChI=1S/C16H13N5O3S/c22-14(23)6-13-20-21-15(24-13)12-8-19-16(25-12)18-7-9-1-2-10-3-4-17-11(10)5-9/h1-5,8,17H,6-7H2,(H,18,19)(H,22,23). The van der Waals surface area contributed by atoms with Crippen LogP contribution in [0.4, 0.5) is 5.13 Å². The fourth-order valence-corrected chi connectivity index (χ4v) is 3.12. The third-order valence-electron chi connectivity index (χ3n) is 3.55. The molecule has 3 aromatic heterocycles. The number of H-pyrrole nitrogens is 1. The zero-order valence-electron chi connectivity index (χ0n) is 12.9. The molecule has 4 aromatic rings. The Hall–Kier alpha value is -3.20. The predicted octanol–water partition coefficient (Wildman–Crippen LogP) is 2.91. The Kier molecular flexibility index (Phi) is 3.90. The Bertz CT molecular complexity index is 1040. The number of aliphatic carboxylic acids is 1. The third kappa shape index (κ3) is 3.36. The highest BCUT2D eigenvalue weighted by Gasteiger charge is 2.14. The zero-order valence-corrected chi connectivity index (χ0v) is 13.7. The minimum atomic E-state index is -1.01. The van der Waals surface area contributed by atoms with Gasteiger partial charge >= 0.3 is 5.97 Å². The number of carboxylic acids is 1. The van der Waals surface area contributed by atoms with Gasteiger partial charge in [0.05, 0.1) is 6.20 Å². The minimum Gasteiger partial charge on any atom is -0.481 e. The normalized spacial score (nSPS) is 11.0. The van der Waals surface area contributed by atoms with Crippen molar-refractivity contribution in [3.8, 4) is 10.8 Å². The predicted molar refractivity (Wildman–Crippen MR) is 92.4 cm³/mol. The van der Waals surface area contributed by atoms with Gasteiger partial charge in [0.1, 0.15) is 11.3 Å². The summed E-state index contributed by atoms with van der Waals surface area (Å²) in [4.78, 5) is 18.8. The summed E-state index contributed by atoms with van der Waals surface area (Å²) in [5.74, 6) is -0.667. The number of nitrogens with one attached hydrogen (secondary N) is 2. The molecule has 0 atom stereocenters. The van der Waals surface area contributed by atoms with Crippen LogP contribution in [-0.4, -0.2) is 31.2 Å². The number of nitrogens with zero attached hydrogens (tertiary/aromatic N) is 3. The lowest BCUT2D eigenvalue weighted by Crippen LogP contribution is -1.99. The second kappa shape index (κ2) is 6.36. The number of aromatic amines is 1. The number of thiazole rings is 1. The summed E-state index contributed by atoms with van der Waals surface area (Å²) in [6.45, 7) is 0.635. The van der Waals surface area contributed by atoms with Crippen molar-refractivity contribution in [2.75, 3.05) is 5.32 Å². The van der Waals surface area contributed by atoms with E-state index < -0.39 is 5.97 Å².